The zero-order valence-corrected chi connectivity index (χ0v) is 12.5. The van der Waals surface area contributed by atoms with Crippen molar-refractivity contribution in [3.8, 4) is 0 Å². The van der Waals surface area contributed by atoms with Gasteiger partial charge in [0.25, 0.3) is 0 Å². The lowest BCUT2D eigenvalue weighted by Gasteiger charge is -2.16. The molecule has 1 saturated carbocycles. The molecule has 0 aliphatic heterocycles. The quantitative estimate of drug-likeness (QED) is 0.612. The average molecular weight is 275 g/mol. The van der Waals surface area contributed by atoms with Crippen LogP contribution in [-0.2, 0) is 0 Å². The average Bonchev–Trinajstić information content (AvgIpc) is 2.57. The van der Waals surface area contributed by atoms with Gasteiger partial charge >= 0.3 is 0 Å². The van der Waals surface area contributed by atoms with Gasteiger partial charge in [-0.15, -0.1) is 0 Å². The Bertz CT molecular complexity index is 640. The van der Waals surface area contributed by atoms with E-state index in [-0.39, 0.29) is 0 Å². The third-order valence-electron chi connectivity index (χ3n) is 4.41. The maximum atomic E-state index is 5.53. The second kappa shape index (κ2) is 5.08. The Hall–Kier alpha value is -1.16. The number of rotatable bonds is 1. The summed E-state index contributed by atoms with van der Waals surface area (Å²) in [5.74, 6) is 0.846. The van der Waals surface area contributed by atoms with E-state index in [9.17, 15) is 0 Å². The van der Waals surface area contributed by atoms with E-state index in [0.717, 1.165) is 21.9 Å². The molecule has 2 atom stereocenters. The van der Waals surface area contributed by atoms with Crippen LogP contribution in [0.5, 0.6) is 0 Å². The Morgan fingerprint density at radius 2 is 2.16 bits per heavy atom. The molecule has 3 rings (SSSR count). The van der Waals surface area contributed by atoms with Gasteiger partial charge in [-0.05, 0) is 56.0 Å². The largest absolute Gasteiger partial charge is 0.329 e. The summed E-state index contributed by atoms with van der Waals surface area (Å²) in [6, 6.07) is 2.55. The molecular formula is C15H21N3S. The van der Waals surface area contributed by atoms with Crippen LogP contribution < -0.4 is 0 Å². The van der Waals surface area contributed by atoms with Crippen LogP contribution in [0.2, 0.25) is 0 Å². The normalized spacial score (nSPS) is 24.5. The van der Waals surface area contributed by atoms with Crippen LogP contribution in [0, 0.1) is 17.6 Å². The van der Waals surface area contributed by atoms with Crippen molar-refractivity contribution in [3.05, 3.63) is 22.6 Å². The number of hydrogen-bond donors (Lipinski definition) is 1. The molecule has 1 fully saturated rings. The minimum Gasteiger partial charge on any atom is -0.329 e. The van der Waals surface area contributed by atoms with Crippen molar-refractivity contribution < 1.29 is 0 Å². The summed E-state index contributed by atoms with van der Waals surface area (Å²) in [4.78, 5) is 7.89. The molecule has 2 unspecified atom stereocenters. The van der Waals surface area contributed by atoms with Gasteiger partial charge in [-0.1, -0.05) is 19.8 Å². The SMILES string of the molecule is Cc1ccnc2c1[nH]c(=S)n2C1CCCC(C)CC1. The number of aryl methyl sites for hydroxylation is 1. The zero-order valence-electron chi connectivity index (χ0n) is 11.6. The maximum Gasteiger partial charge on any atom is 0.179 e. The van der Waals surface area contributed by atoms with Crippen LogP contribution >= 0.6 is 12.2 Å². The predicted molar refractivity (Wildman–Crippen MR) is 80.9 cm³/mol. The molecule has 1 aliphatic carbocycles. The molecule has 2 aromatic rings. The summed E-state index contributed by atoms with van der Waals surface area (Å²) in [5.41, 5.74) is 3.35. The lowest BCUT2D eigenvalue weighted by atomic mass is 10.0. The summed E-state index contributed by atoms with van der Waals surface area (Å²) in [5, 5.41) is 0. The lowest BCUT2D eigenvalue weighted by Crippen LogP contribution is -2.09. The number of hydrogen-bond acceptors (Lipinski definition) is 2. The molecule has 0 radical (unpaired) electrons. The second-order valence-electron chi connectivity index (χ2n) is 5.89. The van der Waals surface area contributed by atoms with Crippen molar-refractivity contribution in [2.45, 2.75) is 52.0 Å². The first-order chi connectivity index (χ1) is 9.16. The van der Waals surface area contributed by atoms with Crippen molar-refractivity contribution in [2.24, 2.45) is 5.92 Å². The fraction of sp³-hybridized carbons (Fsp3) is 0.600. The van der Waals surface area contributed by atoms with Crippen LogP contribution in [0.1, 0.15) is 50.6 Å². The Morgan fingerprint density at radius 3 is 3.00 bits per heavy atom. The number of H-pyrrole nitrogens is 1. The van der Waals surface area contributed by atoms with E-state index in [2.05, 4.69) is 28.4 Å². The van der Waals surface area contributed by atoms with Gasteiger partial charge in [0.15, 0.2) is 10.4 Å². The van der Waals surface area contributed by atoms with Crippen molar-refractivity contribution >= 4 is 23.4 Å². The van der Waals surface area contributed by atoms with E-state index in [1.807, 2.05) is 12.3 Å². The summed E-state index contributed by atoms with van der Waals surface area (Å²) in [7, 11) is 0. The van der Waals surface area contributed by atoms with Gasteiger partial charge < -0.3 is 4.98 Å². The highest BCUT2D eigenvalue weighted by molar-refractivity contribution is 7.71. The van der Waals surface area contributed by atoms with E-state index in [1.165, 1.54) is 37.7 Å². The van der Waals surface area contributed by atoms with E-state index in [1.54, 1.807) is 0 Å². The fourth-order valence-electron chi connectivity index (χ4n) is 3.21. The molecule has 1 aliphatic rings. The topological polar surface area (TPSA) is 33.6 Å². The molecule has 19 heavy (non-hydrogen) atoms. The maximum absolute atomic E-state index is 5.53. The van der Waals surface area contributed by atoms with Gasteiger partial charge in [0.2, 0.25) is 0 Å². The molecule has 0 amide bonds. The molecule has 0 aromatic carbocycles. The first-order valence-corrected chi connectivity index (χ1v) is 7.63. The summed E-state index contributed by atoms with van der Waals surface area (Å²) < 4.78 is 3.09. The Balaban J connectivity index is 2.07. The zero-order chi connectivity index (χ0) is 13.4. The van der Waals surface area contributed by atoms with Crippen LogP contribution in [0.15, 0.2) is 12.3 Å². The summed E-state index contributed by atoms with van der Waals surface area (Å²) in [6.45, 7) is 4.47. The molecule has 2 heterocycles. The van der Waals surface area contributed by atoms with E-state index < -0.39 is 0 Å². The molecule has 3 nitrogen and oxygen atoms in total. The first kappa shape index (κ1) is 12.9. The van der Waals surface area contributed by atoms with E-state index in [0.29, 0.717) is 6.04 Å². The minimum absolute atomic E-state index is 0.514. The molecule has 102 valence electrons. The number of pyridine rings is 1. The Kier molecular flexibility index (Phi) is 3.44. The highest BCUT2D eigenvalue weighted by Crippen LogP contribution is 2.32. The Morgan fingerprint density at radius 1 is 1.32 bits per heavy atom. The van der Waals surface area contributed by atoms with E-state index in [4.69, 9.17) is 12.2 Å². The van der Waals surface area contributed by atoms with Crippen LogP contribution in [-0.4, -0.2) is 14.5 Å². The summed E-state index contributed by atoms with van der Waals surface area (Å²) >= 11 is 5.53. The monoisotopic (exact) mass is 275 g/mol. The Labute approximate surface area is 119 Å². The second-order valence-corrected chi connectivity index (χ2v) is 6.28. The van der Waals surface area contributed by atoms with Crippen molar-refractivity contribution in [3.63, 3.8) is 0 Å². The lowest BCUT2D eigenvalue weighted by molar-refractivity contribution is 0.436. The third kappa shape index (κ3) is 2.34. The van der Waals surface area contributed by atoms with Gasteiger partial charge in [-0.3, -0.25) is 4.57 Å². The number of nitrogens with zero attached hydrogens (tertiary/aromatic N) is 2. The molecule has 2 aromatic heterocycles. The standard InChI is InChI=1S/C15H21N3S/c1-10-4-3-5-12(7-6-10)18-14-13(17-15(18)19)11(2)8-9-16-14/h8-10,12H,3-7H2,1-2H3,(H,17,19). The predicted octanol–water partition coefficient (Wildman–Crippen LogP) is 4.54. The summed E-state index contributed by atoms with van der Waals surface area (Å²) in [6.07, 6.45) is 8.27. The van der Waals surface area contributed by atoms with Gasteiger partial charge in [0.05, 0.1) is 5.52 Å². The minimum atomic E-state index is 0.514. The highest BCUT2D eigenvalue weighted by atomic mass is 32.1. The van der Waals surface area contributed by atoms with Gasteiger partial charge in [-0.2, -0.15) is 0 Å². The molecule has 0 saturated heterocycles. The molecule has 4 heteroatoms. The van der Waals surface area contributed by atoms with Crippen LogP contribution in [0.4, 0.5) is 0 Å². The number of aromatic nitrogens is 3. The molecule has 0 spiro atoms. The highest BCUT2D eigenvalue weighted by Gasteiger charge is 2.21. The fourth-order valence-corrected chi connectivity index (χ4v) is 3.55. The molecule has 1 N–H and O–H groups in total. The van der Waals surface area contributed by atoms with Crippen molar-refractivity contribution in [2.75, 3.05) is 0 Å². The molecule has 0 bridgehead atoms. The van der Waals surface area contributed by atoms with Gasteiger partial charge in [0.1, 0.15) is 0 Å². The smallest absolute Gasteiger partial charge is 0.179 e. The molecular weight excluding hydrogens is 254 g/mol. The number of nitrogens with one attached hydrogen (secondary N) is 1. The van der Waals surface area contributed by atoms with Gasteiger partial charge in [0, 0.05) is 12.2 Å². The van der Waals surface area contributed by atoms with Crippen LogP contribution in [0.3, 0.4) is 0 Å². The number of fused-ring (bicyclic) bond motifs is 1. The van der Waals surface area contributed by atoms with Crippen LogP contribution in [0.25, 0.3) is 11.2 Å². The van der Waals surface area contributed by atoms with Gasteiger partial charge in [-0.25, -0.2) is 4.98 Å². The third-order valence-corrected chi connectivity index (χ3v) is 4.71. The number of imidazole rings is 1. The van der Waals surface area contributed by atoms with Crippen molar-refractivity contribution in [1.29, 1.82) is 0 Å². The van der Waals surface area contributed by atoms with E-state index >= 15 is 0 Å². The number of aromatic amines is 1. The first-order valence-electron chi connectivity index (χ1n) is 7.22. The van der Waals surface area contributed by atoms with Crippen molar-refractivity contribution in [1.82, 2.24) is 14.5 Å².